The molecule has 0 saturated heterocycles. The number of hydrogen-bond donors (Lipinski definition) is 0. The molecule has 0 amide bonds. The molecule has 0 aliphatic heterocycles. The first-order valence-corrected chi connectivity index (χ1v) is 3.34. The molecule has 0 aromatic heterocycles. The molecular weight excluding hydrogens is 179 g/mol. The largest absolute Gasteiger partial charge is 0.290 e. The van der Waals surface area contributed by atoms with E-state index in [-0.39, 0.29) is 4.83 Å². The van der Waals surface area contributed by atoms with Crippen molar-refractivity contribution in [3.8, 4) is 0 Å². The summed E-state index contributed by atoms with van der Waals surface area (Å²) < 4.78 is 0. The maximum atomic E-state index is 9.66. The van der Waals surface area contributed by atoms with Crippen molar-refractivity contribution < 1.29 is 4.79 Å². The van der Waals surface area contributed by atoms with Gasteiger partial charge < -0.3 is 0 Å². The third-order valence-electron chi connectivity index (χ3n) is 0.490. The topological polar surface area (TPSA) is 17.1 Å². The Morgan fingerprint density at radius 3 is 2.57 bits per heavy atom. The van der Waals surface area contributed by atoms with Gasteiger partial charge in [-0.2, -0.15) is 0 Å². The monoisotopic (exact) mass is 183 g/mol. The van der Waals surface area contributed by atoms with E-state index in [0.717, 1.165) is 0 Å². The van der Waals surface area contributed by atoms with Gasteiger partial charge in [0.1, 0.15) is 0 Å². The van der Waals surface area contributed by atoms with Gasteiger partial charge in [-0.3, -0.25) is 4.79 Å². The Hall–Kier alpha value is 0.440. The van der Waals surface area contributed by atoms with Crippen LogP contribution in [0.15, 0.2) is 0 Å². The van der Waals surface area contributed by atoms with Crippen molar-refractivity contribution in [3.63, 3.8) is 0 Å². The Morgan fingerprint density at radius 2 is 2.43 bits per heavy atom. The summed E-state index contributed by atoms with van der Waals surface area (Å²) >= 11 is 8.30. The van der Waals surface area contributed by atoms with E-state index >= 15 is 0 Å². The molecule has 0 spiro atoms. The summed E-state index contributed by atoms with van der Waals surface area (Å²) in [5.74, 6) is 0.505. The van der Waals surface area contributed by atoms with Gasteiger partial charge in [0.15, 0.2) is 0 Å². The highest BCUT2D eigenvalue weighted by Crippen LogP contribution is 2.01. The van der Waals surface area contributed by atoms with Crippen molar-refractivity contribution >= 4 is 33.8 Å². The van der Waals surface area contributed by atoms with Crippen LogP contribution in [-0.2, 0) is 4.79 Å². The van der Waals surface area contributed by atoms with Gasteiger partial charge in [-0.1, -0.05) is 15.9 Å². The molecule has 0 fully saturated rings. The quantitative estimate of drug-likeness (QED) is 0.608. The third-order valence-corrected chi connectivity index (χ3v) is 1.35. The number of carbonyl (C=O) groups excluding carboxylic acids is 1. The van der Waals surface area contributed by atoms with Crippen molar-refractivity contribution in [1.29, 1.82) is 0 Å². The van der Waals surface area contributed by atoms with E-state index in [1.165, 1.54) is 0 Å². The van der Waals surface area contributed by atoms with Crippen LogP contribution in [0.5, 0.6) is 0 Å². The van der Waals surface area contributed by atoms with Gasteiger partial charge in [0.05, 0.1) is 4.83 Å². The van der Waals surface area contributed by atoms with Crippen LogP contribution >= 0.6 is 27.5 Å². The Balaban J connectivity index is 2.98. The van der Waals surface area contributed by atoms with E-state index in [1.54, 1.807) is 6.29 Å². The van der Waals surface area contributed by atoms with Crippen molar-refractivity contribution in [2.75, 3.05) is 5.88 Å². The molecule has 41 valence electrons. The van der Waals surface area contributed by atoms with Crippen molar-refractivity contribution in [3.05, 3.63) is 0 Å². The number of halogens is 2. The second-order valence-electron chi connectivity index (χ2n) is 1.06. The van der Waals surface area contributed by atoms with Crippen LogP contribution in [0, 0.1) is 0 Å². The zero-order valence-electron chi connectivity index (χ0n) is 3.66. The van der Waals surface area contributed by atoms with Crippen molar-refractivity contribution in [2.24, 2.45) is 0 Å². The van der Waals surface area contributed by atoms with Crippen LogP contribution in [-0.4, -0.2) is 17.0 Å². The van der Waals surface area contributed by atoms with E-state index < -0.39 is 0 Å². The summed E-state index contributed by atoms with van der Waals surface area (Å²) in [5, 5.41) is 0. The van der Waals surface area contributed by atoms with E-state index in [9.17, 15) is 4.79 Å². The fourth-order valence-electron chi connectivity index (χ4n) is 0.155. The Labute approximate surface area is 56.2 Å². The number of alkyl halides is 2. The molecule has 0 N–H and O–H groups in total. The summed E-state index contributed by atoms with van der Waals surface area (Å²) in [6.07, 6.45) is 2.41. The highest BCUT2D eigenvalue weighted by molar-refractivity contribution is 9.09. The van der Waals surface area contributed by atoms with Gasteiger partial charge in [-0.25, -0.2) is 0 Å². The molecule has 1 atom stereocenters. The molecule has 0 aromatic rings. The summed E-state index contributed by atoms with van der Waals surface area (Å²) in [7, 11) is 0. The molecule has 0 aliphatic rings. The van der Waals surface area contributed by atoms with Gasteiger partial charge >= 0.3 is 0 Å². The first-order valence-electron chi connectivity index (χ1n) is 1.89. The lowest BCUT2D eigenvalue weighted by Crippen LogP contribution is -1.97. The van der Waals surface area contributed by atoms with E-state index in [2.05, 4.69) is 15.9 Å². The van der Waals surface area contributed by atoms with Gasteiger partial charge in [0, 0.05) is 5.88 Å². The standard InChI is InChI=1S/C4H5BrClO/c5-4(3-7)1-2-6/h4H,1-2H2. The molecule has 0 saturated carbocycles. The predicted octanol–water partition coefficient (Wildman–Crippen LogP) is 1.49. The highest BCUT2D eigenvalue weighted by atomic mass is 79.9. The minimum Gasteiger partial charge on any atom is -0.290 e. The fraction of sp³-hybridized carbons (Fsp3) is 0.750. The molecule has 0 bridgehead atoms. The Bertz CT molecular complexity index is 57.7. The lowest BCUT2D eigenvalue weighted by molar-refractivity contribution is 0.552. The Kier molecular flexibility index (Phi) is 4.88. The van der Waals surface area contributed by atoms with Crippen LogP contribution in [0.3, 0.4) is 0 Å². The highest BCUT2D eigenvalue weighted by Gasteiger charge is 1.98. The molecule has 7 heavy (non-hydrogen) atoms. The molecule has 3 heteroatoms. The van der Waals surface area contributed by atoms with Crippen LogP contribution in [0.4, 0.5) is 0 Å². The average molecular weight is 184 g/mol. The van der Waals surface area contributed by atoms with E-state index in [0.29, 0.717) is 12.3 Å². The van der Waals surface area contributed by atoms with Crippen LogP contribution in [0.1, 0.15) is 6.42 Å². The van der Waals surface area contributed by atoms with Crippen LogP contribution in [0.25, 0.3) is 0 Å². The van der Waals surface area contributed by atoms with Gasteiger partial charge in [0.2, 0.25) is 6.29 Å². The van der Waals surface area contributed by atoms with Crippen molar-refractivity contribution in [1.82, 2.24) is 0 Å². The molecule has 0 aromatic carbocycles. The van der Waals surface area contributed by atoms with Gasteiger partial charge in [0.25, 0.3) is 0 Å². The average Bonchev–Trinajstić information content (AvgIpc) is 1.68. The molecular formula is C4H5BrClO. The van der Waals surface area contributed by atoms with E-state index in [4.69, 9.17) is 11.6 Å². The summed E-state index contributed by atoms with van der Waals surface area (Å²) in [6.45, 7) is 0. The predicted molar refractivity (Wildman–Crippen MR) is 33.7 cm³/mol. The maximum absolute atomic E-state index is 9.66. The SMILES string of the molecule is O=[C]C(Br)CCCl. The maximum Gasteiger partial charge on any atom is 0.213 e. The molecule has 1 unspecified atom stereocenters. The zero-order chi connectivity index (χ0) is 5.70. The summed E-state index contributed by atoms with van der Waals surface area (Å²) in [6, 6.07) is 0. The van der Waals surface area contributed by atoms with E-state index in [1.807, 2.05) is 0 Å². The van der Waals surface area contributed by atoms with Crippen LogP contribution < -0.4 is 0 Å². The second-order valence-corrected chi connectivity index (χ2v) is 2.55. The minimum atomic E-state index is -0.176. The Morgan fingerprint density at radius 1 is 1.86 bits per heavy atom. The van der Waals surface area contributed by atoms with Crippen LogP contribution in [0.2, 0.25) is 0 Å². The summed E-state index contributed by atoms with van der Waals surface area (Å²) in [5.41, 5.74) is 0. The van der Waals surface area contributed by atoms with Gasteiger partial charge in [-0.15, -0.1) is 11.6 Å². The molecule has 0 rings (SSSR count). The molecule has 0 heterocycles. The lowest BCUT2D eigenvalue weighted by Gasteiger charge is -1.90. The smallest absolute Gasteiger partial charge is 0.213 e. The van der Waals surface area contributed by atoms with Crippen molar-refractivity contribution in [2.45, 2.75) is 11.2 Å². The summed E-state index contributed by atoms with van der Waals surface area (Å²) in [4.78, 5) is 9.49. The molecule has 1 nitrogen and oxygen atoms in total. The minimum absolute atomic E-state index is 0.176. The number of hydrogen-bond acceptors (Lipinski definition) is 1. The zero-order valence-corrected chi connectivity index (χ0v) is 6.00. The second kappa shape index (κ2) is 4.60. The normalized spacial score (nSPS) is 13.4. The third kappa shape index (κ3) is 4.29. The molecule has 1 radical (unpaired) electrons. The lowest BCUT2D eigenvalue weighted by atomic mass is 10.4. The molecule has 0 aliphatic carbocycles. The van der Waals surface area contributed by atoms with Gasteiger partial charge in [-0.05, 0) is 6.42 Å². The first kappa shape index (κ1) is 7.44. The first-order chi connectivity index (χ1) is 3.31. The number of rotatable bonds is 3. The fourth-order valence-corrected chi connectivity index (χ4v) is 0.865.